The fourth-order valence-electron chi connectivity index (χ4n) is 5.40. The Morgan fingerprint density at radius 1 is 0.656 bits per heavy atom. The van der Waals surface area contributed by atoms with Gasteiger partial charge in [-0.1, -0.05) is 78.6 Å². The minimum absolute atomic E-state index is 0.130. The number of para-hydroxylation sites is 3. The molecular formula is C30H20N2. The lowest BCUT2D eigenvalue weighted by Crippen LogP contribution is -2.29. The van der Waals surface area contributed by atoms with Crippen molar-refractivity contribution in [2.24, 2.45) is 0 Å². The molecule has 7 rings (SSSR count). The van der Waals surface area contributed by atoms with Crippen LogP contribution < -0.4 is 4.90 Å². The number of hydrogen-bond donors (Lipinski definition) is 0. The van der Waals surface area contributed by atoms with E-state index in [0.717, 1.165) is 0 Å². The molecule has 0 amide bonds. The first kappa shape index (κ1) is 17.5. The predicted molar refractivity (Wildman–Crippen MR) is 133 cm³/mol. The van der Waals surface area contributed by atoms with Crippen molar-refractivity contribution in [1.29, 1.82) is 0 Å². The highest BCUT2D eigenvalue weighted by Gasteiger charge is 2.37. The molecule has 2 heterocycles. The zero-order chi connectivity index (χ0) is 21.1. The molecule has 0 spiro atoms. The van der Waals surface area contributed by atoms with Gasteiger partial charge in [0.15, 0.2) is 0 Å². The highest BCUT2D eigenvalue weighted by molar-refractivity contribution is 6.09. The van der Waals surface area contributed by atoms with E-state index >= 15 is 0 Å². The second-order valence-corrected chi connectivity index (χ2v) is 8.44. The molecule has 0 saturated heterocycles. The van der Waals surface area contributed by atoms with E-state index in [0.29, 0.717) is 5.92 Å². The normalized spacial score (nSPS) is 18.4. The molecular weight excluding hydrogens is 388 g/mol. The summed E-state index contributed by atoms with van der Waals surface area (Å²) in [7, 11) is 0. The maximum Gasteiger partial charge on any atom is 0.106 e. The zero-order valence-electron chi connectivity index (χ0n) is 17.4. The van der Waals surface area contributed by atoms with Crippen molar-refractivity contribution in [3.05, 3.63) is 115 Å². The number of hydrogen-bond acceptors (Lipinski definition) is 1. The summed E-state index contributed by atoms with van der Waals surface area (Å²) in [6, 6.07) is 35.0. The third kappa shape index (κ3) is 2.37. The molecule has 0 N–H and O–H groups in total. The Morgan fingerprint density at radius 2 is 1.34 bits per heavy atom. The Bertz CT molecular complexity index is 1560. The number of allylic oxidation sites excluding steroid dienone is 1. The van der Waals surface area contributed by atoms with Crippen LogP contribution in [0.25, 0.3) is 27.5 Å². The third-order valence-electron chi connectivity index (χ3n) is 6.74. The van der Waals surface area contributed by atoms with Crippen LogP contribution in [0.3, 0.4) is 0 Å². The number of rotatable bonds is 2. The van der Waals surface area contributed by atoms with E-state index in [1.54, 1.807) is 0 Å². The van der Waals surface area contributed by atoms with Crippen LogP contribution in [0.1, 0.15) is 11.5 Å². The van der Waals surface area contributed by atoms with Crippen LogP contribution in [0.15, 0.2) is 109 Å². The molecule has 0 saturated carbocycles. The lowest BCUT2D eigenvalue weighted by Gasteiger charge is -2.27. The van der Waals surface area contributed by atoms with Gasteiger partial charge in [0.1, 0.15) is 6.04 Å². The van der Waals surface area contributed by atoms with Gasteiger partial charge in [-0.05, 0) is 48.0 Å². The molecule has 0 radical (unpaired) electrons. The van der Waals surface area contributed by atoms with E-state index in [-0.39, 0.29) is 6.04 Å². The molecule has 32 heavy (non-hydrogen) atoms. The predicted octanol–water partition coefficient (Wildman–Crippen LogP) is 6.96. The topological polar surface area (TPSA) is 8.17 Å². The van der Waals surface area contributed by atoms with Gasteiger partial charge in [-0.25, -0.2) is 0 Å². The van der Waals surface area contributed by atoms with Crippen molar-refractivity contribution >= 4 is 33.2 Å². The summed E-state index contributed by atoms with van der Waals surface area (Å²) in [6.45, 7) is 0. The third-order valence-corrected chi connectivity index (χ3v) is 6.74. The molecule has 0 fully saturated rings. The summed E-state index contributed by atoms with van der Waals surface area (Å²) in [4.78, 5) is 2.41. The monoisotopic (exact) mass is 408 g/mol. The molecule has 2 unspecified atom stereocenters. The van der Waals surface area contributed by atoms with E-state index in [4.69, 9.17) is 0 Å². The number of anilines is 2. The van der Waals surface area contributed by atoms with E-state index in [1.165, 1.54) is 44.4 Å². The van der Waals surface area contributed by atoms with Gasteiger partial charge in [0.05, 0.1) is 11.0 Å². The fourth-order valence-corrected chi connectivity index (χ4v) is 5.40. The van der Waals surface area contributed by atoms with Crippen LogP contribution in [-0.4, -0.2) is 10.6 Å². The maximum atomic E-state index is 3.47. The van der Waals surface area contributed by atoms with Gasteiger partial charge < -0.3 is 9.47 Å². The zero-order valence-corrected chi connectivity index (χ0v) is 17.4. The van der Waals surface area contributed by atoms with Crippen molar-refractivity contribution in [1.82, 2.24) is 4.57 Å². The number of fused-ring (bicyclic) bond motifs is 6. The number of benzene rings is 4. The average molecular weight is 409 g/mol. The van der Waals surface area contributed by atoms with Gasteiger partial charge in [0.25, 0.3) is 0 Å². The second-order valence-electron chi connectivity index (χ2n) is 8.44. The van der Waals surface area contributed by atoms with Gasteiger partial charge in [-0.15, -0.1) is 0 Å². The molecule has 2 heteroatoms. The smallest absolute Gasteiger partial charge is 0.106 e. The number of aromatic nitrogens is 1. The quantitative estimate of drug-likeness (QED) is 0.287. The Morgan fingerprint density at radius 3 is 2.16 bits per heavy atom. The Labute approximate surface area is 187 Å². The van der Waals surface area contributed by atoms with Gasteiger partial charge in [0, 0.05) is 33.8 Å². The minimum Gasteiger partial charge on any atom is -0.326 e. The van der Waals surface area contributed by atoms with Crippen molar-refractivity contribution < 1.29 is 0 Å². The largest absolute Gasteiger partial charge is 0.326 e. The molecule has 1 aromatic heterocycles. The van der Waals surface area contributed by atoms with Crippen molar-refractivity contribution in [2.75, 3.05) is 4.90 Å². The van der Waals surface area contributed by atoms with E-state index < -0.39 is 0 Å². The minimum atomic E-state index is 0.130. The van der Waals surface area contributed by atoms with E-state index in [9.17, 15) is 0 Å². The van der Waals surface area contributed by atoms with Crippen LogP contribution in [0.4, 0.5) is 11.4 Å². The van der Waals surface area contributed by atoms with Gasteiger partial charge in [0.2, 0.25) is 0 Å². The molecule has 0 bridgehead atoms. The van der Waals surface area contributed by atoms with Crippen molar-refractivity contribution in [3.8, 4) is 17.5 Å². The van der Waals surface area contributed by atoms with Crippen LogP contribution in [0.2, 0.25) is 0 Å². The summed E-state index contributed by atoms with van der Waals surface area (Å²) < 4.78 is 2.38. The number of nitrogens with zero attached hydrogens (tertiary/aromatic N) is 2. The second kappa shape index (κ2) is 6.64. The molecule has 2 nitrogen and oxygen atoms in total. The van der Waals surface area contributed by atoms with Crippen LogP contribution in [-0.2, 0) is 0 Å². The van der Waals surface area contributed by atoms with Gasteiger partial charge in [-0.2, -0.15) is 0 Å². The van der Waals surface area contributed by atoms with Crippen LogP contribution in [0, 0.1) is 11.8 Å². The highest BCUT2D eigenvalue weighted by Crippen LogP contribution is 2.46. The average Bonchev–Trinajstić information content (AvgIpc) is 3.37. The van der Waals surface area contributed by atoms with Crippen molar-refractivity contribution in [3.63, 3.8) is 0 Å². The molecule has 1 aliphatic heterocycles. The standard InChI is InChI=1S/C30H20N2/c1-5-16-27-23(12-1)24-13-2-6-17-28(24)31(27)21-10-9-11-22(20-21)32-29-18-7-3-14-25(29)26-15-4-8-19-30(26)32/h1-7,9-18,20,26,30H. The maximum absolute atomic E-state index is 3.47. The Hall–Kier alpha value is -4.22. The summed E-state index contributed by atoms with van der Waals surface area (Å²) in [6.07, 6.45) is 4.24. The lowest BCUT2D eigenvalue weighted by atomic mass is 9.93. The molecule has 150 valence electrons. The van der Waals surface area contributed by atoms with E-state index in [2.05, 4.69) is 124 Å². The fraction of sp³-hybridized carbons (Fsp3) is 0.0667. The van der Waals surface area contributed by atoms with Gasteiger partial charge >= 0.3 is 0 Å². The molecule has 2 atom stereocenters. The first-order chi connectivity index (χ1) is 15.9. The Kier molecular flexibility index (Phi) is 3.62. The van der Waals surface area contributed by atoms with E-state index in [1.807, 2.05) is 6.08 Å². The lowest BCUT2D eigenvalue weighted by molar-refractivity contribution is 0.769. The van der Waals surface area contributed by atoms with Crippen molar-refractivity contribution in [2.45, 2.75) is 12.0 Å². The first-order valence-electron chi connectivity index (χ1n) is 11.0. The van der Waals surface area contributed by atoms with Crippen LogP contribution >= 0.6 is 0 Å². The molecule has 4 aromatic carbocycles. The first-order valence-corrected chi connectivity index (χ1v) is 11.0. The highest BCUT2D eigenvalue weighted by atomic mass is 15.2. The summed E-state index contributed by atoms with van der Waals surface area (Å²) in [5.74, 6) is 6.99. The van der Waals surface area contributed by atoms with Gasteiger partial charge in [-0.3, -0.25) is 0 Å². The summed E-state index contributed by atoms with van der Waals surface area (Å²) in [5, 5.41) is 2.56. The Balaban J connectivity index is 1.45. The van der Waals surface area contributed by atoms with Crippen LogP contribution in [0.5, 0.6) is 0 Å². The molecule has 2 aliphatic rings. The molecule has 5 aromatic rings. The summed E-state index contributed by atoms with van der Waals surface area (Å²) >= 11 is 0. The molecule has 1 aliphatic carbocycles. The summed E-state index contributed by atoms with van der Waals surface area (Å²) in [5.41, 5.74) is 7.40. The SMILES string of the molecule is C1#CC2C(C=C1)c1ccccc1N2c1cccc(-n2c3ccccc3c3ccccc32)c1.